The van der Waals surface area contributed by atoms with Crippen molar-refractivity contribution in [3.05, 3.63) is 27.4 Å². The van der Waals surface area contributed by atoms with Gasteiger partial charge in [0.05, 0.1) is 0 Å². The standard InChI is InChI=1S/C20H35ClN3O5Si2/c1-27-20(26)15-16-17(24(18(15)21)14-29-9-11-31(5,6)7)19(25)23(12-22-16)13-28-8-10-30(2,3)4/h12,30H,8-11,13-14H2,1-7H3/q-1. The van der Waals surface area contributed by atoms with Gasteiger partial charge in [-0.15, -0.1) is 0 Å². The van der Waals surface area contributed by atoms with Crippen molar-refractivity contribution in [3.63, 3.8) is 0 Å². The van der Waals surface area contributed by atoms with Crippen molar-refractivity contribution in [2.24, 2.45) is 0 Å². The molecule has 31 heavy (non-hydrogen) atoms. The quantitative estimate of drug-likeness (QED) is 0.270. The Hall–Kier alpha value is -1.47. The van der Waals surface area contributed by atoms with Crippen LogP contribution in [0.3, 0.4) is 0 Å². The summed E-state index contributed by atoms with van der Waals surface area (Å²) in [5.74, 6) is -0.645. The molecule has 8 nitrogen and oxygen atoms in total. The number of carbonyl (C=O) groups is 1. The fourth-order valence-corrected chi connectivity index (χ4v) is 4.80. The minimum atomic E-state index is -1.50. The molecule has 0 N–H and O–H groups in total. The minimum absolute atomic E-state index is 0.0509. The van der Waals surface area contributed by atoms with Crippen LogP contribution in [0.5, 0.6) is 0 Å². The molecule has 0 radical (unpaired) electrons. The third-order valence-corrected chi connectivity index (χ3v) is 8.99. The molecule has 2 rings (SSSR count). The topological polar surface area (TPSA) is 84.6 Å². The zero-order chi connectivity index (χ0) is 23.4. The van der Waals surface area contributed by atoms with Crippen molar-refractivity contribution in [2.75, 3.05) is 20.3 Å². The normalized spacial score (nSPS) is 13.0. The summed E-state index contributed by atoms with van der Waals surface area (Å²) >= 11 is 6.47. The Morgan fingerprint density at radius 1 is 1.16 bits per heavy atom. The van der Waals surface area contributed by atoms with Crippen LogP contribution in [0.15, 0.2) is 11.1 Å². The van der Waals surface area contributed by atoms with Gasteiger partial charge in [-0.3, -0.25) is 0 Å². The molecule has 176 valence electrons. The number of carbonyl (C=O) groups excluding carboxylic acids is 1. The van der Waals surface area contributed by atoms with Crippen molar-refractivity contribution < 1.29 is 19.0 Å². The van der Waals surface area contributed by atoms with E-state index >= 15 is 0 Å². The van der Waals surface area contributed by atoms with Crippen LogP contribution in [-0.4, -0.2) is 56.6 Å². The number of hydrogen-bond acceptors (Lipinski definition) is 6. The third-order valence-electron chi connectivity index (χ3n) is 4.93. The summed E-state index contributed by atoms with van der Waals surface area (Å²) in [6.45, 7) is 14.9. The molecule has 0 aliphatic heterocycles. The van der Waals surface area contributed by atoms with Gasteiger partial charge in [0.15, 0.2) is 0 Å². The van der Waals surface area contributed by atoms with E-state index in [4.69, 9.17) is 25.8 Å². The third kappa shape index (κ3) is 7.01. The van der Waals surface area contributed by atoms with E-state index in [1.54, 1.807) is 0 Å². The molecule has 2 aromatic rings. The summed E-state index contributed by atoms with van der Waals surface area (Å²) < 4.78 is 19.2. The Balaban J connectivity index is 2.35. The van der Waals surface area contributed by atoms with Gasteiger partial charge in [-0.2, -0.15) is 0 Å². The van der Waals surface area contributed by atoms with Crippen molar-refractivity contribution in [1.29, 1.82) is 0 Å². The zero-order valence-corrected chi connectivity index (χ0v) is 22.6. The van der Waals surface area contributed by atoms with Crippen LogP contribution in [0.4, 0.5) is 0 Å². The Labute approximate surface area is 190 Å². The second-order valence-electron chi connectivity index (χ2n) is 10.4. The number of halogens is 1. The number of rotatable bonds is 11. The Kier molecular flexibility index (Phi) is 8.68. The summed E-state index contributed by atoms with van der Waals surface area (Å²) in [5, 5.41) is 0.0815. The Morgan fingerprint density at radius 2 is 1.81 bits per heavy atom. The monoisotopic (exact) mass is 488 g/mol. The Morgan fingerprint density at radius 3 is 2.39 bits per heavy atom. The molecule has 0 spiro atoms. The molecule has 0 atom stereocenters. The van der Waals surface area contributed by atoms with E-state index in [1.165, 1.54) is 22.6 Å². The molecule has 2 heterocycles. The first-order valence-corrected chi connectivity index (χ1v) is 19.0. The number of fused-ring (bicyclic) bond motifs is 1. The number of aromatic nitrogens is 3. The first kappa shape index (κ1) is 25.8. The molecule has 0 aromatic carbocycles. The first-order chi connectivity index (χ1) is 14.4. The van der Waals surface area contributed by atoms with Crippen LogP contribution in [0, 0.1) is 0 Å². The van der Waals surface area contributed by atoms with E-state index in [1.807, 2.05) is 0 Å². The molecule has 0 bridgehead atoms. The van der Waals surface area contributed by atoms with Gasteiger partial charge >= 0.3 is 163 Å². The van der Waals surface area contributed by atoms with Gasteiger partial charge < -0.3 is 0 Å². The Bertz CT molecular complexity index is 976. The van der Waals surface area contributed by atoms with Crippen molar-refractivity contribution >= 4 is 44.8 Å². The van der Waals surface area contributed by atoms with E-state index < -0.39 is 22.1 Å². The number of nitrogens with zero attached hydrogens (tertiary/aromatic N) is 3. The van der Waals surface area contributed by atoms with Gasteiger partial charge in [0, 0.05) is 8.07 Å². The number of methoxy groups -OCH3 is 1. The fourth-order valence-electron chi connectivity index (χ4n) is 2.87. The second kappa shape index (κ2) is 10.4. The van der Waals surface area contributed by atoms with E-state index in [-0.39, 0.29) is 40.8 Å². The van der Waals surface area contributed by atoms with Crippen LogP contribution in [-0.2, 0) is 27.7 Å². The number of hydrogen-bond donors (Lipinski definition) is 0. The van der Waals surface area contributed by atoms with E-state index in [2.05, 4.69) is 44.3 Å². The van der Waals surface area contributed by atoms with Gasteiger partial charge in [0.25, 0.3) is 0 Å². The summed E-state index contributed by atoms with van der Waals surface area (Å²) in [6.07, 6.45) is 1.38. The van der Waals surface area contributed by atoms with Crippen molar-refractivity contribution in [1.82, 2.24) is 14.1 Å². The summed E-state index contributed by atoms with van der Waals surface area (Å²) in [7, 11) is -1.50. The average molecular weight is 489 g/mol. The zero-order valence-electron chi connectivity index (χ0n) is 19.7. The van der Waals surface area contributed by atoms with Crippen LogP contribution >= 0.6 is 11.6 Å². The summed E-state index contributed by atoms with van der Waals surface area (Å²) in [6, 6.07) is 2.00. The van der Waals surface area contributed by atoms with Crippen molar-refractivity contribution in [2.45, 2.75) is 64.8 Å². The van der Waals surface area contributed by atoms with E-state index in [0.717, 1.165) is 12.1 Å². The molecular weight excluding hydrogens is 454 g/mol. The second-order valence-corrected chi connectivity index (χ2v) is 22.9. The predicted octanol–water partition coefficient (Wildman–Crippen LogP) is 3.99. The molecular formula is C20H35ClN3O5Si2-. The van der Waals surface area contributed by atoms with Crippen LogP contribution in [0.1, 0.15) is 10.4 Å². The van der Waals surface area contributed by atoms with Crippen molar-refractivity contribution in [3.8, 4) is 0 Å². The molecule has 11 heteroatoms. The molecule has 0 fully saturated rings. The molecule has 0 aliphatic rings. The molecule has 0 unspecified atom stereocenters. The van der Waals surface area contributed by atoms with Gasteiger partial charge in [0.2, 0.25) is 0 Å². The number of ether oxygens (including phenoxy) is 3. The molecule has 0 saturated carbocycles. The fraction of sp³-hybridized carbons (Fsp3) is 0.650. The summed E-state index contributed by atoms with van der Waals surface area (Å²) in [5.41, 5.74) is 0.136. The van der Waals surface area contributed by atoms with Gasteiger partial charge in [-0.05, 0) is 0 Å². The van der Waals surface area contributed by atoms with Crippen LogP contribution in [0.2, 0.25) is 56.5 Å². The SMILES string of the molecule is COC(=O)c1c(Cl)n(COCC[Si](C)(C)C)c2c(=O)n(COCC[SiH-](C)(C)C)cnc12. The maximum absolute atomic E-state index is 13.2. The van der Waals surface area contributed by atoms with E-state index in [9.17, 15) is 9.59 Å². The first-order valence-electron chi connectivity index (χ1n) is 10.7. The molecule has 2 aromatic heterocycles. The van der Waals surface area contributed by atoms with Crippen LogP contribution in [0.25, 0.3) is 11.0 Å². The number of esters is 1. The molecule has 0 amide bonds. The molecule has 0 saturated heterocycles. The van der Waals surface area contributed by atoms with Crippen LogP contribution < -0.4 is 5.56 Å². The van der Waals surface area contributed by atoms with Gasteiger partial charge in [0.1, 0.15) is 0 Å². The average Bonchev–Trinajstić information content (AvgIpc) is 2.94. The predicted molar refractivity (Wildman–Crippen MR) is 130 cm³/mol. The van der Waals surface area contributed by atoms with E-state index in [0.29, 0.717) is 13.2 Å². The molecule has 0 aliphatic carbocycles. The van der Waals surface area contributed by atoms with Gasteiger partial charge in [-0.1, -0.05) is 19.6 Å². The summed E-state index contributed by atoms with van der Waals surface area (Å²) in [4.78, 5) is 29.8. The maximum atomic E-state index is 13.2. The van der Waals surface area contributed by atoms with Gasteiger partial charge in [-0.25, -0.2) is 0 Å².